The SMILES string of the molecule is O=C(c1cccc(Cl)c1)N1CCn2c(C#Cc3cccc(Cl)c3)nnc2C1. The topological polar surface area (TPSA) is 51.0 Å². The van der Waals surface area contributed by atoms with Gasteiger partial charge in [-0.15, -0.1) is 10.2 Å². The van der Waals surface area contributed by atoms with Crippen molar-refractivity contribution >= 4 is 29.1 Å². The van der Waals surface area contributed by atoms with Gasteiger partial charge in [0, 0.05) is 34.3 Å². The normalized spacial score (nSPS) is 12.9. The standard InChI is InChI=1S/C20H14Cl2N4O/c21-16-5-1-3-14(11-16)7-8-18-23-24-19-13-25(9-10-26(18)19)20(27)15-4-2-6-17(22)12-15/h1-6,11-12H,9-10,13H2. The van der Waals surface area contributed by atoms with E-state index in [4.69, 9.17) is 23.2 Å². The fourth-order valence-electron chi connectivity index (χ4n) is 2.92. The largest absolute Gasteiger partial charge is 0.329 e. The number of rotatable bonds is 1. The zero-order chi connectivity index (χ0) is 18.8. The van der Waals surface area contributed by atoms with Crippen LogP contribution in [0.2, 0.25) is 10.0 Å². The molecule has 2 heterocycles. The zero-order valence-corrected chi connectivity index (χ0v) is 15.7. The molecule has 134 valence electrons. The maximum absolute atomic E-state index is 12.7. The Kier molecular flexibility index (Phi) is 4.85. The Hall–Kier alpha value is -2.81. The van der Waals surface area contributed by atoms with E-state index in [1.54, 1.807) is 41.3 Å². The monoisotopic (exact) mass is 396 g/mol. The van der Waals surface area contributed by atoms with E-state index in [1.165, 1.54) is 0 Å². The molecule has 0 radical (unpaired) electrons. The molecule has 1 aliphatic heterocycles. The third-order valence-corrected chi connectivity index (χ3v) is 4.73. The minimum absolute atomic E-state index is 0.0710. The van der Waals surface area contributed by atoms with Crippen LogP contribution in [0.15, 0.2) is 48.5 Å². The number of carbonyl (C=O) groups excluding carboxylic acids is 1. The summed E-state index contributed by atoms with van der Waals surface area (Å²) >= 11 is 12.0. The van der Waals surface area contributed by atoms with E-state index in [1.807, 2.05) is 16.7 Å². The summed E-state index contributed by atoms with van der Waals surface area (Å²) < 4.78 is 1.94. The number of nitrogens with zero attached hydrogens (tertiary/aromatic N) is 4. The molecule has 0 saturated carbocycles. The molecule has 0 saturated heterocycles. The van der Waals surface area contributed by atoms with Crippen LogP contribution in [-0.2, 0) is 13.1 Å². The van der Waals surface area contributed by atoms with Crippen molar-refractivity contribution in [2.24, 2.45) is 0 Å². The van der Waals surface area contributed by atoms with Gasteiger partial charge in [-0.25, -0.2) is 0 Å². The highest BCUT2D eigenvalue weighted by atomic mass is 35.5. The molecular weight excluding hydrogens is 383 g/mol. The number of hydrogen-bond donors (Lipinski definition) is 0. The first-order valence-corrected chi connectivity index (χ1v) is 9.10. The van der Waals surface area contributed by atoms with Crippen LogP contribution in [0.3, 0.4) is 0 Å². The second-order valence-corrected chi connectivity index (χ2v) is 6.96. The summed E-state index contributed by atoms with van der Waals surface area (Å²) in [6, 6.07) is 14.3. The van der Waals surface area contributed by atoms with Crippen LogP contribution in [-0.4, -0.2) is 32.1 Å². The summed E-state index contributed by atoms with van der Waals surface area (Å²) in [5, 5.41) is 9.54. The van der Waals surface area contributed by atoms with Crippen molar-refractivity contribution in [1.29, 1.82) is 0 Å². The maximum Gasteiger partial charge on any atom is 0.254 e. The van der Waals surface area contributed by atoms with Crippen molar-refractivity contribution in [2.45, 2.75) is 13.1 Å². The third kappa shape index (κ3) is 3.82. The van der Waals surface area contributed by atoms with Gasteiger partial charge in [-0.05, 0) is 42.3 Å². The molecule has 0 aliphatic carbocycles. The first-order valence-electron chi connectivity index (χ1n) is 8.35. The lowest BCUT2D eigenvalue weighted by Crippen LogP contribution is -2.38. The Labute approximate surface area is 166 Å². The van der Waals surface area contributed by atoms with Gasteiger partial charge in [-0.3, -0.25) is 4.79 Å². The van der Waals surface area contributed by atoms with Gasteiger partial charge in [-0.1, -0.05) is 41.3 Å². The molecule has 5 nitrogen and oxygen atoms in total. The van der Waals surface area contributed by atoms with Crippen LogP contribution >= 0.6 is 23.2 Å². The highest BCUT2D eigenvalue weighted by Crippen LogP contribution is 2.18. The van der Waals surface area contributed by atoms with Crippen LogP contribution in [0.5, 0.6) is 0 Å². The molecule has 0 spiro atoms. The minimum atomic E-state index is -0.0710. The molecule has 27 heavy (non-hydrogen) atoms. The van der Waals surface area contributed by atoms with Crippen molar-refractivity contribution < 1.29 is 4.79 Å². The van der Waals surface area contributed by atoms with Gasteiger partial charge in [-0.2, -0.15) is 0 Å². The van der Waals surface area contributed by atoms with Gasteiger partial charge in [0.1, 0.15) is 0 Å². The van der Waals surface area contributed by atoms with Crippen molar-refractivity contribution in [3.63, 3.8) is 0 Å². The molecule has 1 aliphatic rings. The molecule has 2 aromatic carbocycles. The van der Waals surface area contributed by atoms with E-state index in [2.05, 4.69) is 22.0 Å². The van der Waals surface area contributed by atoms with Gasteiger partial charge in [0.15, 0.2) is 5.82 Å². The predicted molar refractivity (Wildman–Crippen MR) is 104 cm³/mol. The average Bonchev–Trinajstić information content (AvgIpc) is 3.08. The molecule has 4 rings (SSSR count). The number of carbonyl (C=O) groups is 1. The Balaban J connectivity index is 1.53. The quantitative estimate of drug-likeness (QED) is 0.590. The molecule has 1 aromatic heterocycles. The zero-order valence-electron chi connectivity index (χ0n) is 14.2. The number of amides is 1. The molecular formula is C20H14Cl2N4O. The van der Waals surface area contributed by atoms with Crippen molar-refractivity contribution in [3.05, 3.63) is 81.4 Å². The average molecular weight is 397 g/mol. The van der Waals surface area contributed by atoms with Crippen LogP contribution in [0.25, 0.3) is 0 Å². The molecule has 0 unspecified atom stereocenters. The second-order valence-electron chi connectivity index (χ2n) is 6.09. The first kappa shape index (κ1) is 17.6. The number of fused-ring (bicyclic) bond motifs is 1. The Morgan fingerprint density at radius 1 is 0.963 bits per heavy atom. The van der Waals surface area contributed by atoms with E-state index in [9.17, 15) is 4.79 Å². The van der Waals surface area contributed by atoms with Gasteiger partial charge in [0.05, 0.1) is 6.54 Å². The van der Waals surface area contributed by atoms with Crippen LogP contribution in [0.1, 0.15) is 27.6 Å². The Morgan fingerprint density at radius 2 is 1.74 bits per heavy atom. The van der Waals surface area contributed by atoms with E-state index in [0.29, 0.717) is 46.9 Å². The summed E-state index contributed by atoms with van der Waals surface area (Å²) in [6.45, 7) is 1.54. The summed E-state index contributed by atoms with van der Waals surface area (Å²) in [4.78, 5) is 14.4. The van der Waals surface area contributed by atoms with Crippen molar-refractivity contribution in [2.75, 3.05) is 6.54 Å². The number of hydrogen-bond acceptors (Lipinski definition) is 3. The predicted octanol–water partition coefficient (Wildman–Crippen LogP) is 3.64. The first-order chi connectivity index (χ1) is 13.1. The summed E-state index contributed by atoms with van der Waals surface area (Å²) in [6.07, 6.45) is 0. The molecule has 1 amide bonds. The molecule has 0 bridgehead atoms. The van der Waals surface area contributed by atoms with Crippen LogP contribution in [0, 0.1) is 11.8 Å². The van der Waals surface area contributed by atoms with E-state index in [-0.39, 0.29) is 5.91 Å². The molecule has 0 N–H and O–H groups in total. The van der Waals surface area contributed by atoms with Crippen molar-refractivity contribution in [3.8, 4) is 11.8 Å². The second kappa shape index (κ2) is 7.43. The number of benzene rings is 2. The smallest absolute Gasteiger partial charge is 0.254 e. The Bertz CT molecular complexity index is 1080. The highest BCUT2D eigenvalue weighted by Gasteiger charge is 2.24. The van der Waals surface area contributed by atoms with Gasteiger partial charge >= 0.3 is 0 Å². The minimum Gasteiger partial charge on any atom is -0.329 e. The van der Waals surface area contributed by atoms with Crippen LogP contribution < -0.4 is 0 Å². The van der Waals surface area contributed by atoms with Crippen molar-refractivity contribution in [1.82, 2.24) is 19.7 Å². The molecule has 0 atom stereocenters. The van der Waals surface area contributed by atoms with Gasteiger partial charge < -0.3 is 9.47 Å². The van der Waals surface area contributed by atoms with E-state index >= 15 is 0 Å². The molecule has 3 aromatic rings. The van der Waals surface area contributed by atoms with E-state index in [0.717, 1.165) is 5.56 Å². The lowest BCUT2D eigenvalue weighted by Gasteiger charge is -2.27. The lowest BCUT2D eigenvalue weighted by molar-refractivity contribution is 0.0707. The summed E-state index contributed by atoms with van der Waals surface area (Å²) in [7, 11) is 0. The molecule has 0 fully saturated rings. The summed E-state index contributed by atoms with van der Waals surface area (Å²) in [5.41, 5.74) is 1.38. The number of aromatic nitrogens is 3. The lowest BCUT2D eigenvalue weighted by atomic mass is 10.2. The maximum atomic E-state index is 12.7. The number of halogens is 2. The summed E-state index contributed by atoms with van der Waals surface area (Å²) in [5.74, 6) is 7.32. The fourth-order valence-corrected chi connectivity index (χ4v) is 3.30. The highest BCUT2D eigenvalue weighted by molar-refractivity contribution is 6.31. The van der Waals surface area contributed by atoms with Gasteiger partial charge in [0.25, 0.3) is 5.91 Å². The van der Waals surface area contributed by atoms with Gasteiger partial charge in [0.2, 0.25) is 5.82 Å². The van der Waals surface area contributed by atoms with Crippen LogP contribution in [0.4, 0.5) is 0 Å². The third-order valence-electron chi connectivity index (χ3n) is 4.26. The Morgan fingerprint density at radius 3 is 2.52 bits per heavy atom. The molecule has 7 heteroatoms. The fraction of sp³-hybridized carbons (Fsp3) is 0.150. The van der Waals surface area contributed by atoms with E-state index < -0.39 is 0 Å².